The molecule has 0 fully saturated rings. The summed E-state index contributed by atoms with van der Waals surface area (Å²) in [7, 11) is 3.57. The lowest BCUT2D eigenvalue weighted by atomic mass is 10.7. The minimum atomic E-state index is 0. The van der Waals surface area contributed by atoms with E-state index in [0.29, 0.717) is 13.2 Å². The van der Waals surface area contributed by atoms with Crippen molar-refractivity contribution in [2.24, 2.45) is 0 Å². The predicted molar refractivity (Wildman–Crippen MR) is 43.9 cm³/mol. The maximum absolute atomic E-state index is 5.13. The molecule has 0 aliphatic carbocycles. The van der Waals surface area contributed by atoms with Crippen molar-refractivity contribution in [2.75, 3.05) is 40.5 Å². The number of methoxy groups -OCH3 is 1. The molecule has 0 unspecified atom stereocenters. The molecule has 3 nitrogen and oxygen atoms in total. The molecule has 4 heteroatoms. The second-order valence-corrected chi connectivity index (χ2v) is 1.71. The lowest BCUT2D eigenvalue weighted by Gasteiger charge is -2.01. The van der Waals surface area contributed by atoms with Crippen molar-refractivity contribution in [3.8, 4) is 0 Å². The van der Waals surface area contributed by atoms with Crippen molar-refractivity contribution in [3.63, 3.8) is 0 Å². The average Bonchev–Trinajstić information content (AvgIpc) is 1.89. The van der Waals surface area contributed by atoms with Gasteiger partial charge in [-0.25, -0.2) is 0 Å². The molecule has 0 heterocycles. The van der Waals surface area contributed by atoms with Crippen LogP contribution in [0.2, 0.25) is 0 Å². The quantitative estimate of drug-likeness (QED) is 0.580. The van der Waals surface area contributed by atoms with Gasteiger partial charge in [-0.2, -0.15) is 0 Å². The standard InChI is InChI=1S/C6H15NO2.ClH/c1-7-3-4-9-6-5-8-2;/h7H,3-6H2,1-2H3;1H. The molecule has 0 saturated heterocycles. The first kappa shape index (κ1) is 12.8. The highest BCUT2D eigenvalue weighted by atomic mass is 35.5. The van der Waals surface area contributed by atoms with Gasteiger partial charge in [0.2, 0.25) is 0 Å². The fourth-order valence-corrected chi connectivity index (χ4v) is 0.419. The van der Waals surface area contributed by atoms with Gasteiger partial charge in [-0.3, -0.25) is 0 Å². The Morgan fingerprint density at radius 1 is 1.20 bits per heavy atom. The number of likely N-dealkylation sites (N-methyl/N-ethyl adjacent to an activating group) is 1. The van der Waals surface area contributed by atoms with Gasteiger partial charge >= 0.3 is 0 Å². The van der Waals surface area contributed by atoms with Gasteiger partial charge in [-0.15, -0.1) is 12.4 Å². The van der Waals surface area contributed by atoms with Crippen molar-refractivity contribution in [2.45, 2.75) is 0 Å². The van der Waals surface area contributed by atoms with Crippen molar-refractivity contribution in [1.82, 2.24) is 5.32 Å². The Balaban J connectivity index is 0. The van der Waals surface area contributed by atoms with Crippen LogP contribution in [0.5, 0.6) is 0 Å². The van der Waals surface area contributed by atoms with Crippen LogP contribution >= 0.6 is 12.4 Å². The Morgan fingerprint density at radius 3 is 2.40 bits per heavy atom. The number of ether oxygens (including phenoxy) is 2. The summed E-state index contributed by atoms with van der Waals surface area (Å²) in [5.41, 5.74) is 0. The van der Waals surface area contributed by atoms with Gasteiger partial charge in [-0.1, -0.05) is 0 Å². The monoisotopic (exact) mass is 169 g/mol. The van der Waals surface area contributed by atoms with Crippen LogP contribution in [0.1, 0.15) is 0 Å². The Kier molecular flexibility index (Phi) is 15.3. The molecule has 0 rings (SSSR count). The molecule has 0 amide bonds. The van der Waals surface area contributed by atoms with E-state index < -0.39 is 0 Å². The molecule has 0 saturated carbocycles. The second kappa shape index (κ2) is 11.9. The van der Waals surface area contributed by atoms with Gasteiger partial charge in [0.1, 0.15) is 0 Å². The molecule has 0 radical (unpaired) electrons. The molecule has 0 aromatic rings. The van der Waals surface area contributed by atoms with E-state index in [2.05, 4.69) is 5.32 Å². The van der Waals surface area contributed by atoms with E-state index >= 15 is 0 Å². The molecular formula is C6H16ClNO2. The first-order valence-corrected chi connectivity index (χ1v) is 3.13. The zero-order valence-electron chi connectivity index (χ0n) is 6.55. The normalized spacial score (nSPS) is 9.00. The molecule has 0 aromatic heterocycles. The highest BCUT2D eigenvalue weighted by Gasteiger charge is 1.83. The van der Waals surface area contributed by atoms with E-state index in [0.717, 1.165) is 13.2 Å². The Bertz CT molecular complexity index is 49.0. The van der Waals surface area contributed by atoms with Gasteiger partial charge in [0.15, 0.2) is 0 Å². The van der Waals surface area contributed by atoms with Crippen LogP contribution in [-0.2, 0) is 9.47 Å². The number of halogens is 1. The van der Waals surface area contributed by atoms with E-state index in [1.54, 1.807) is 7.11 Å². The summed E-state index contributed by atoms with van der Waals surface area (Å²) >= 11 is 0. The first-order valence-electron chi connectivity index (χ1n) is 3.13. The van der Waals surface area contributed by atoms with Crippen LogP contribution < -0.4 is 5.32 Å². The maximum atomic E-state index is 5.13. The summed E-state index contributed by atoms with van der Waals surface area (Å²) < 4.78 is 9.90. The summed E-state index contributed by atoms with van der Waals surface area (Å²) in [4.78, 5) is 0. The highest BCUT2D eigenvalue weighted by molar-refractivity contribution is 5.85. The molecule has 0 aliphatic heterocycles. The lowest BCUT2D eigenvalue weighted by Crippen LogP contribution is -2.15. The molecule has 1 N–H and O–H groups in total. The second-order valence-electron chi connectivity index (χ2n) is 1.71. The van der Waals surface area contributed by atoms with Crippen LogP contribution in [0.25, 0.3) is 0 Å². The smallest absolute Gasteiger partial charge is 0.0700 e. The van der Waals surface area contributed by atoms with Crippen molar-refractivity contribution >= 4 is 12.4 Å². The minimum absolute atomic E-state index is 0. The molecule has 0 aliphatic rings. The molecule has 10 heavy (non-hydrogen) atoms. The fraction of sp³-hybridized carbons (Fsp3) is 1.00. The van der Waals surface area contributed by atoms with Gasteiger partial charge in [0.05, 0.1) is 19.8 Å². The third-order valence-corrected chi connectivity index (χ3v) is 0.928. The molecular weight excluding hydrogens is 154 g/mol. The number of hydrogen-bond acceptors (Lipinski definition) is 3. The summed E-state index contributed by atoms with van der Waals surface area (Å²) in [6.07, 6.45) is 0. The highest BCUT2D eigenvalue weighted by Crippen LogP contribution is 1.72. The molecule has 64 valence electrons. The Morgan fingerprint density at radius 2 is 1.90 bits per heavy atom. The number of hydrogen-bond donors (Lipinski definition) is 1. The van der Waals surface area contributed by atoms with Crippen LogP contribution in [-0.4, -0.2) is 40.5 Å². The summed E-state index contributed by atoms with van der Waals surface area (Å²) in [5.74, 6) is 0. The summed E-state index contributed by atoms with van der Waals surface area (Å²) in [5, 5.41) is 2.98. The Hall–Kier alpha value is 0.170. The van der Waals surface area contributed by atoms with E-state index in [-0.39, 0.29) is 12.4 Å². The molecule has 0 atom stereocenters. The lowest BCUT2D eigenvalue weighted by molar-refractivity contribution is 0.0726. The zero-order valence-corrected chi connectivity index (χ0v) is 7.37. The average molecular weight is 170 g/mol. The summed E-state index contributed by atoms with van der Waals surface area (Å²) in [6, 6.07) is 0. The molecule has 0 spiro atoms. The van der Waals surface area contributed by atoms with E-state index in [9.17, 15) is 0 Å². The van der Waals surface area contributed by atoms with Gasteiger partial charge in [0.25, 0.3) is 0 Å². The topological polar surface area (TPSA) is 30.5 Å². The van der Waals surface area contributed by atoms with Crippen LogP contribution in [0.3, 0.4) is 0 Å². The molecule has 0 bridgehead atoms. The molecule has 0 aromatic carbocycles. The first-order chi connectivity index (χ1) is 4.41. The fourth-order valence-electron chi connectivity index (χ4n) is 0.419. The van der Waals surface area contributed by atoms with Gasteiger partial charge < -0.3 is 14.8 Å². The van der Waals surface area contributed by atoms with Crippen molar-refractivity contribution < 1.29 is 9.47 Å². The van der Waals surface area contributed by atoms with E-state index in [4.69, 9.17) is 9.47 Å². The van der Waals surface area contributed by atoms with Crippen LogP contribution in [0.15, 0.2) is 0 Å². The van der Waals surface area contributed by atoms with Gasteiger partial charge in [0, 0.05) is 13.7 Å². The SMILES string of the molecule is CNCCOCCOC.Cl. The number of nitrogens with one attached hydrogen (secondary N) is 1. The van der Waals surface area contributed by atoms with Crippen molar-refractivity contribution in [1.29, 1.82) is 0 Å². The van der Waals surface area contributed by atoms with Crippen molar-refractivity contribution in [3.05, 3.63) is 0 Å². The zero-order chi connectivity index (χ0) is 6.95. The largest absolute Gasteiger partial charge is 0.382 e. The van der Waals surface area contributed by atoms with E-state index in [1.165, 1.54) is 0 Å². The third-order valence-electron chi connectivity index (χ3n) is 0.928. The van der Waals surface area contributed by atoms with Crippen LogP contribution in [0.4, 0.5) is 0 Å². The maximum Gasteiger partial charge on any atom is 0.0700 e. The Labute approximate surface area is 68.5 Å². The number of rotatable bonds is 6. The minimum Gasteiger partial charge on any atom is -0.382 e. The van der Waals surface area contributed by atoms with E-state index in [1.807, 2.05) is 7.05 Å². The third kappa shape index (κ3) is 11.0. The summed E-state index contributed by atoms with van der Waals surface area (Å²) in [6.45, 7) is 3.05. The predicted octanol–water partition coefficient (Wildman–Crippen LogP) is 0.291. The van der Waals surface area contributed by atoms with Crippen LogP contribution in [0, 0.1) is 0 Å². The van der Waals surface area contributed by atoms with Gasteiger partial charge in [-0.05, 0) is 7.05 Å².